The highest BCUT2D eigenvalue weighted by atomic mass is 16.7. The zero-order valence-electron chi connectivity index (χ0n) is 12.7. The summed E-state index contributed by atoms with van der Waals surface area (Å²) in [5.41, 5.74) is 2.67. The molecule has 0 spiro atoms. The van der Waals surface area contributed by atoms with Gasteiger partial charge in [-0.25, -0.2) is 9.78 Å². The zero-order valence-corrected chi connectivity index (χ0v) is 12.7. The number of nitrogens with zero attached hydrogens (tertiary/aromatic N) is 2. The second-order valence-electron chi connectivity index (χ2n) is 4.88. The van der Waals surface area contributed by atoms with E-state index in [0.717, 1.165) is 11.1 Å². The Labute approximate surface area is 134 Å². The predicted molar refractivity (Wildman–Crippen MR) is 85.7 cm³/mol. The van der Waals surface area contributed by atoms with Crippen molar-refractivity contribution in [1.82, 2.24) is 9.71 Å². The summed E-state index contributed by atoms with van der Waals surface area (Å²) in [5, 5.41) is 0. The molecule has 0 amide bonds. The molecule has 0 unspecified atom stereocenters. The van der Waals surface area contributed by atoms with E-state index >= 15 is 0 Å². The minimum Gasteiger partial charge on any atom is -0.464 e. The SMILES string of the molecule is COC(=O)c1ncn(OCc2ccccc2)c1-c1ccccc1. The van der Waals surface area contributed by atoms with E-state index in [4.69, 9.17) is 9.57 Å². The second-order valence-corrected chi connectivity index (χ2v) is 4.88. The van der Waals surface area contributed by atoms with Crippen LogP contribution in [0.2, 0.25) is 0 Å². The van der Waals surface area contributed by atoms with E-state index in [1.807, 2.05) is 60.7 Å². The molecule has 0 saturated carbocycles. The van der Waals surface area contributed by atoms with Crippen molar-refractivity contribution in [3.05, 3.63) is 78.2 Å². The summed E-state index contributed by atoms with van der Waals surface area (Å²) in [6.07, 6.45) is 1.48. The Morgan fingerprint density at radius 3 is 2.35 bits per heavy atom. The van der Waals surface area contributed by atoms with Gasteiger partial charge in [0.25, 0.3) is 0 Å². The van der Waals surface area contributed by atoms with Gasteiger partial charge in [0, 0.05) is 5.56 Å². The first-order chi connectivity index (χ1) is 11.3. The van der Waals surface area contributed by atoms with Crippen LogP contribution in [0.5, 0.6) is 0 Å². The molecule has 23 heavy (non-hydrogen) atoms. The lowest BCUT2D eigenvalue weighted by atomic mass is 10.1. The third-order valence-corrected chi connectivity index (χ3v) is 3.38. The average Bonchev–Trinajstić information content (AvgIpc) is 3.05. The molecule has 5 heteroatoms. The van der Waals surface area contributed by atoms with Crippen molar-refractivity contribution in [2.45, 2.75) is 6.61 Å². The van der Waals surface area contributed by atoms with Crippen LogP contribution in [0, 0.1) is 0 Å². The first-order valence-corrected chi connectivity index (χ1v) is 7.18. The second kappa shape index (κ2) is 6.79. The monoisotopic (exact) mass is 308 g/mol. The number of hydrogen-bond acceptors (Lipinski definition) is 4. The molecule has 0 aliphatic carbocycles. The van der Waals surface area contributed by atoms with Crippen LogP contribution < -0.4 is 4.84 Å². The van der Waals surface area contributed by atoms with Crippen LogP contribution in [0.15, 0.2) is 67.0 Å². The number of aromatic nitrogens is 2. The van der Waals surface area contributed by atoms with Crippen LogP contribution in [-0.4, -0.2) is 22.8 Å². The van der Waals surface area contributed by atoms with Gasteiger partial charge in [-0.15, -0.1) is 0 Å². The molecule has 0 bridgehead atoms. The molecule has 0 saturated heterocycles. The first-order valence-electron chi connectivity index (χ1n) is 7.18. The van der Waals surface area contributed by atoms with Gasteiger partial charge < -0.3 is 9.57 Å². The maximum atomic E-state index is 11.9. The molecule has 116 valence electrons. The normalized spacial score (nSPS) is 10.3. The summed E-state index contributed by atoms with van der Waals surface area (Å²) in [5.74, 6) is -0.495. The third kappa shape index (κ3) is 3.23. The van der Waals surface area contributed by atoms with Gasteiger partial charge in [-0.05, 0) is 5.56 Å². The average molecular weight is 308 g/mol. The number of hydrogen-bond donors (Lipinski definition) is 0. The van der Waals surface area contributed by atoms with Gasteiger partial charge in [0.2, 0.25) is 0 Å². The Balaban J connectivity index is 1.94. The van der Waals surface area contributed by atoms with Crippen molar-refractivity contribution in [1.29, 1.82) is 0 Å². The van der Waals surface area contributed by atoms with Gasteiger partial charge in [-0.3, -0.25) is 0 Å². The molecule has 0 aliphatic rings. The summed E-state index contributed by atoms with van der Waals surface area (Å²) in [7, 11) is 1.33. The van der Waals surface area contributed by atoms with E-state index in [2.05, 4.69) is 4.98 Å². The Kier molecular flexibility index (Phi) is 4.38. The van der Waals surface area contributed by atoms with E-state index in [0.29, 0.717) is 12.3 Å². The van der Waals surface area contributed by atoms with Gasteiger partial charge in [0.05, 0.1) is 7.11 Å². The van der Waals surface area contributed by atoms with Gasteiger partial charge in [-0.2, -0.15) is 4.73 Å². The number of methoxy groups -OCH3 is 1. The minimum absolute atomic E-state index is 0.228. The van der Waals surface area contributed by atoms with Gasteiger partial charge in [0.15, 0.2) is 5.69 Å². The lowest BCUT2D eigenvalue weighted by Gasteiger charge is -2.11. The third-order valence-electron chi connectivity index (χ3n) is 3.38. The molecule has 2 aromatic carbocycles. The Morgan fingerprint density at radius 1 is 1.04 bits per heavy atom. The molecule has 5 nitrogen and oxygen atoms in total. The molecule has 0 fully saturated rings. The lowest BCUT2D eigenvalue weighted by molar-refractivity contribution is 0.0592. The van der Waals surface area contributed by atoms with Crippen LogP contribution >= 0.6 is 0 Å². The summed E-state index contributed by atoms with van der Waals surface area (Å²) in [4.78, 5) is 21.9. The molecule has 1 heterocycles. The minimum atomic E-state index is -0.495. The summed E-state index contributed by atoms with van der Waals surface area (Å²) >= 11 is 0. The standard InChI is InChI=1S/C18H16N2O3/c1-22-18(21)16-17(15-10-6-3-7-11-15)20(13-19-16)23-12-14-8-4-2-5-9-14/h2-11,13H,12H2,1H3. The van der Waals surface area contributed by atoms with Crippen molar-refractivity contribution < 1.29 is 14.4 Å². The fraction of sp³-hybridized carbons (Fsp3) is 0.111. The van der Waals surface area contributed by atoms with Crippen molar-refractivity contribution in [3.63, 3.8) is 0 Å². The van der Waals surface area contributed by atoms with Gasteiger partial charge in [0.1, 0.15) is 18.6 Å². The van der Waals surface area contributed by atoms with Crippen molar-refractivity contribution in [2.24, 2.45) is 0 Å². The fourth-order valence-electron chi connectivity index (χ4n) is 2.26. The molecule has 0 N–H and O–H groups in total. The van der Waals surface area contributed by atoms with E-state index in [1.165, 1.54) is 18.2 Å². The maximum absolute atomic E-state index is 11.9. The highest BCUT2D eigenvalue weighted by molar-refractivity contribution is 5.94. The molecule has 1 aromatic heterocycles. The zero-order chi connectivity index (χ0) is 16.1. The molecule has 3 aromatic rings. The quantitative estimate of drug-likeness (QED) is 0.680. The Bertz CT molecular complexity index is 783. The smallest absolute Gasteiger partial charge is 0.359 e. The fourth-order valence-corrected chi connectivity index (χ4v) is 2.26. The summed E-state index contributed by atoms with van der Waals surface area (Å²) in [6.45, 7) is 0.373. The van der Waals surface area contributed by atoms with Crippen molar-refractivity contribution in [3.8, 4) is 11.3 Å². The molecule has 0 radical (unpaired) electrons. The Hall–Kier alpha value is -3.08. The van der Waals surface area contributed by atoms with Crippen LogP contribution in [0.3, 0.4) is 0 Å². The van der Waals surface area contributed by atoms with E-state index in [1.54, 1.807) is 0 Å². The molecular weight excluding hydrogens is 292 g/mol. The highest BCUT2D eigenvalue weighted by Crippen LogP contribution is 2.23. The van der Waals surface area contributed by atoms with Crippen LogP contribution in [0.4, 0.5) is 0 Å². The van der Waals surface area contributed by atoms with E-state index in [9.17, 15) is 4.79 Å². The predicted octanol–water partition coefficient (Wildman–Crippen LogP) is 2.97. The van der Waals surface area contributed by atoms with Crippen LogP contribution in [0.25, 0.3) is 11.3 Å². The van der Waals surface area contributed by atoms with E-state index < -0.39 is 5.97 Å². The van der Waals surface area contributed by atoms with Crippen LogP contribution in [0.1, 0.15) is 16.1 Å². The van der Waals surface area contributed by atoms with Crippen molar-refractivity contribution in [2.75, 3.05) is 7.11 Å². The van der Waals surface area contributed by atoms with Crippen LogP contribution in [-0.2, 0) is 11.3 Å². The molecule has 3 rings (SSSR count). The number of ether oxygens (including phenoxy) is 1. The van der Waals surface area contributed by atoms with E-state index in [-0.39, 0.29) is 5.69 Å². The topological polar surface area (TPSA) is 53.3 Å². The number of esters is 1. The first kappa shape index (κ1) is 14.8. The number of imidazole rings is 1. The van der Waals surface area contributed by atoms with Gasteiger partial charge in [-0.1, -0.05) is 60.7 Å². The van der Waals surface area contributed by atoms with Gasteiger partial charge >= 0.3 is 5.97 Å². The Morgan fingerprint density at radius 2 is 1.70 bits per heavy atom. The van der Waals surface area contributed by atoms with Crippen molar-refractivity contribution >= 4 is 5.97 Å². The molecule has 0 aliphatic heterocycles. The number of benzene rings is 2. The largest absolute Gasteiger partial charge is 0.464 e. The number of rotatable bonds is 5. The highest BCUT2D eigenvalue weighted by Gasteiger charge is 2.21. The summed E-state index contributed by atoms with van der Waals surface area (Å²) < 4.78 is 6.31. The summed E-state index contributed by atoms with van der Waals surface area (Å²) in [6, 6.07) is 19.3. The molecule has 0 atom stereocenters. The lowest BCUT2D eigenvalue weighted by Crippen LogP contribution is -2.13. The number of carbonyl (C=O) groups excluding carboxylic acids is 1. The number of carbonyl (C=O) groups is 1. The molecular formula is C18H16N2O3. The maximum Gasteiger partial charge on any atom is 0.359 e.